The van der Waals surface area contributed by atoms with Crippen LogP contribution in [0.4, 0.5) is 0 Å². The molecule has 26 heavy (non-hydrogen) atoms. The number of carbonyl (C=O) groups is 2. The van der Waals surface area contributed by atoms with E-state index in [1.54, 1.807) is 38.1 Å². The van der Waals surface area contributed by atoms with Crippen molar-refractivity contribution in [2.45, 2.75) is 40.2 Å². The highest BCUT2D eigenvalue weighted by atomic mass is 16.5. The maximum atomic E-state index is 12.2. The van der Waals surface area contributed by atoms with Gasteiger partial charge < -0.3 is 14.0 Å². The van der Waals surface area contributed by atoms with Gasteiger partial charge in [0.1, 0.15) is 22.8 Å². The lowest BCUT2D eigenvalue weighted by atomic mass is 10.1. The molecular formula is C18H23N3O5. The molecule has 1 aromatic carbocycles. The number of rotatable bonds is 7. The molecule has 2 amide bonds. The molecule has 2 rings (SSSR count). The van der Waals surface area contributed by atoms with Crippen molar-refractivity contribution in [2.75, 3.05) is 6.61 Å². The predicted octanol–water partition coefficient (Wildman–Crippen LogP) is 2.17. The van der Waals surface area contributed by atoms with Gasteiger partial charge >= 0.3 is 0 Å². The largest absolute Gasteiger partial charge is 0.494 e. The molecule has 2 aromatic rings. The zero-order valence-corrected chi connectivity index (χ0v) is 15.3. The minimum absolute atomic E-state index is 0.327. The first-order chi connectivity index (χ1) is 12.5. The van der Waals surface area contributed by atoms with Gasteiger partial charge in [0.25, 0.3) is 11.8 Å². The van der Waals surface area contributed by atoms with E-state index < -0.39 is 17.9 Å². The first-order valence-corrected chi connectivity index (χ1v) is 8.41. The van der Waals surface area contributed by atoms with Gasteiger partial charge in [0.05, 0.1) is 12.3 Å². The number of carbonyl (C=O) groups excluding carboxylic acids is 2. The average Bonchev–Trinajstić information content (AvgIpc) is 3.02. The molecule has 2 N–H and O–H groups in total. The van der Waals surface area contributed by atoms with Gasteiger partial charge in [0.15, 0.2) is 6.10 Å². The molecule has 8 heteroatoms. The van der Waals surface area contributed by atoms with Crippen LogP contribution < -0.4 is 20.3 Å². The normalized spacial score (nSPS) is 11.5. The molecule has 0 unspecified atom stereocenters. The summed E-state index contributed by atoms with van der Waals surface area (Å²) in [7, 11) is 0. The molecule has 1 atom stereocenters. The summed E-state index contributed by atoms with van der Waals surface area (Å²) in [5.41, 5.74) is 5.56. The molecular weight excluding hydrogens is 338 g/mol. The smallest absolute Gasteiger partial charge is 0.279 e. The molecule has 1 aromatic heterocycles. The Hall–Kier alpha value is -3.03. The Morgan fingerprint density at radius 2 is 1.81 bits per heavy atom. The van der Waals surface area contributed by atoms with E-state index in [1.807, 2.05) is 13.8 Å². The van der Waals surface area contributed by atoms with Crippen LogP contribution in [0.25, 0.3) is 0 Å². The van der Waals surface area contributed by atoms with E-state index in [0.717, 1.165) is 5.75 Å². The monoisotopic (exact) mass is 361 g/mol. The van der Waals surface area contributed by atoms with E-state index in [-0.39, 0.29) is 0 Å². The Balaban J connectivity index is 1.88. The third kappa shape index (κ3) is 4.75. The lowest BCUT2D eigenvalue weighted by Gasteiger charge is -2.15. The number of hydrazine groups is 1. The van der Waals surface area contributed by atoms with Crippen LogP contribution >= 0.6 is 0 Å². The first kappa shape index (κ1) is 19.3. The molecule has 0 aliphatic carbocycles. The summed E-state index contributed by atoms with van der Waals surface area (Å²) >= 11 is 0. The number of nitrogens with one attached hydrogen (secondary N) is 2. The van der Waals surface area contributed by atoms with E-state index >= 15 is 0 Å². The molecule has 8 nitrogen and oxygen atoms in total. The van der Waals surface area contributed by atoms with E-state index in [4.69, 9.17) is 14.0 Å². The van der Waals surface area contributed by atoms with Crippen LogP contribution in [-0.2, 0) is 11.2 Å². The van der Waals surface area contributed by atoms with Crippen LogP contribution in [0, 0.1) is 6.92 Å². The highest BCUT2D eigenvalue weighted by molar-refractivity contribution is 5.97. The van der Waals surface area contributed by atoms with Crippen molar-refractivity contribution in [3.8, 4) is 11.5 Å². The zero-order valence-electron chi connectivity index (χ0n) is 15.3. The minimum atomic E-state index is -0.803. The van der Waals surface area contributed by atoms with E-state index in [9.17, 15) is 9.59 Å². The Kier molecular flexibility index (Phi) is 6.60. The summed E-state index contributed by atoms with van der Waals surface area (Å²) < 4.78 is 15.9. The number of nitrogens with zero attached hydrogens (tertiary/aromatic N) is 1. The Morgan fingerprint density at radius 3 is 2.42 bits per heavy atom. The Bertz CT molecular complexity index is 755. The lowest BCUT2D eigenvalue weighted by molar-refractivity contribution is -0.128. The molecule has 0 aliphatic heterocycles. The highest BCUT2D eigenvalue weighted by Crippen LogP contribution is 2.18. The standard InChI is InChI=1S/C18H23N3O5/c1-5-15-16(11(3)26-21-15)18(23)20-19-17(22)12(4)25-14-9-7-13(8-10-14)24-6-2/h7-10,12H,5-6H2,1-4H3,(H,19,22)(H,20,23)/t12-/m0/s1. The van der Waals surface area contributed by atoms with Gasteiger partial charge in [0, 0.05) is 0 Å². The molecule has 0 saturated heterocycles. The summed E-state index contributed by atoms with van der Waals surface area (Å²) in [6, 6.07) is 6.93. The van der Waals surface area contributed by atoms with Gasteiger partial charge in [0.2, 0.25) is 0 Å². The third-order valence-corrected chi connectivity index (χ3v) is 3.61. The van der Waals surface area contributed by atoms with Crippen molar-refractivity contribution in [3.05, 3.63) is 41.3 Å². The van der Waals surface area contributed by atoms with Gasteiger partial charge in [-0.15, -0.1) is 0 Å². The average molecular weight is 361 g/mol. The number of aryl methyl sites for hydroxylation is 2. The number of amides is 2. The predicted molar refractivity (Wildman–Crippen MR) is 93.9 cm³/mol. The molecule has 0 spiro atoms. The van der Waals surface area contributed by atoms with Crippen molar-refractivity contribution in [1.29, 1.82) is 0 Å². The van der Waals surface area contributed by atoms with Crippen LogP contribution in [-0.4, -0.2) is 29.7 Å². The van der Waals surface area contributed by atoms with Crippen molar-refractivity contribution >= 4 is 11.8 Å². The fourth-order valence-corrected chi connectivity index (χ4v) is 2.27. The summed E-state index contributed by atoms with van der Waals surface area (Å²) in [5.74, 6) is 0.666. The van der Waals surface area contributed by atoms with Gasteiger partial charge in [-0.3, -0.25) is 20.4 Å². The van der Waals surface area contributed by atoms with E-state index in [0.29, 0.717) is 35.8 Å². The molecule has 0 radical (unpaired) electrons. The first-order valence-electron chi connectivity index (χ1n) is 8.41. The number of hydrogen-bond acceptors (Lipinski definition) is 6. The van der Waals surface area contributed by atoms with E-state index in [2.05, 4.69) is 16.0 Å². The van der Waals surface area contributed by atoms with Gasteiger partial charge in [-0.05, 0) is 51.5 Å². The number of hydrogen-bond donors (Lipinski definition) is 2. The molecule has 140 valence electrons. The fourth-order valence-electron chi connectivity index (χ4n) is 2.27. The van der Waals surface area contributed by atoms with Crippen molar-refractivity contribution < 1.29 is 23.6 Å². The van der Waals surface area contributed by atoms with Crippen LogP contribution in [0.1, 0.15) is 42.6 Å². The summed E-state index contributed by atoms with van der Waals surface area (Å²) in [4.78, 5) is 24.3. The van der Waals surface area contributed by atoms with E-state index in [1.165, 1.54) is 0 Å². The van der Waals surface area contributed by atoms with Gasteiger partial charge in [-0.1, -0.05) is 12.1 Å². The molecule has 0 fully saturated rings. The van der Waals surface area contributed by atoms with Gasteiger partial charge in [-0.25, -0.2) is 0 Å². The minimum Gasteiger partial charge on any atom is -0.494 e. The summed E-state index contributed by atoms with van der Waals surface area (Å²) in [6.45, 7) is 7.56. The number of aromatic nitrogens is 1. The van der Waals surface area contributed by atoms with Crippen LogP contribution in [0.5, 0.6) is 11.5 Å². The quantitative estimate of drug-likeness (QED) is 0.733. The van der Waals surface area contributed by atoms with Crippen molar-refractivity contribution in [3.63, 3.8) is 0 Å². The molecule has 1 heterocycles. The molecule has 0 aliphatic rings. The molecule has 0 bridgehead atoms. The van der Waals surface area contributed by atoms with Crippen molar-refractivity contribution in [2.24, 2.45) is 0 Å². The number of benzene rings is 1. The summed E-state index contributed by atoms with van der Waals surface area (Å²) in [6.07, 6.45) is -0.256. The molecule has 0 saturated carbocycles. The zero-order chi connectivity index (χ0) is 19.1. The highest BCUT2D eigenvalue weighted by Gasteiger charge is 2.21. The second kappa shape index (κ2) is 8.89. The SMILES string of the molecule is CCOc1ccc(O[C@@H](C)C(=O)NNC(=O)c2c(CC)noc2C)cc1. The maximum Gasteiger partial charge on any atom is 0.279 e. The fraction of sp³-hybridized carbons (Fsp3) is 0.389. The Morgan fingerprint density at radius 1 is 1.15 bits per heavy atom. The van der Waals surface area contributed by atoms with Crippen molar-refractivity contribution in [1.82, 2.24) is 16.0 Å². The third-order valence-electron chi connectivity index (χ3n) is 3.61. The number of ether oxygens (including phenoxy) is 2. The lowest BCUT2D eigenvalue weighted by Crippen LogP contribution is -2.47. The second-order valence-corrected chi connectivity index (χ2v) is 5.52. The maximum absolute atomic E-state index is 12.2. The Labute approximate surface area is 151 Å². The van der Waals surface area contributed by atoms with Crippen LogP contribution in [0.3, 0.4) is 0 Å². The summed E-state index contributed by atoms with van der Waals surface area (Å²) in [5, 5.41) is 3.81. The van der Waals surface area contributed by atoms with Gasteiger partial charge in [-0.2, -0.15) is 0 Å². The van der Waals surface area contributed by atoms with Crippen LogP contribution in [0.2, 0.25) is 0 Å². The van der Waals surface area contributed by atoms with Crippen LogP contribution in [0.15, 0.2) is 28.8 Å². The topological polar surface area (TPSA) is 103 Å². The second-order valence-electron chi connectivity index (χ2n) is 5.52.